The van der Waals surface area contributed by atoms with Crippen molar-refractivity contribution in [2.75, 3.05) is 0 Å². The van der Waals surface area contributed by atoms with Gasteiger partial charge in [0.25, 0.3) is 0 Å². The number of aliphatic hydroxyl groups is 1. The average Bonchev–Trinajstić information content (AvgIpc) is 2.40. The van der Waals surface area contributed by atoms with Gasteiger partial charge in [0.05, 0.1) is 5.60 Å². The molecule has 2 nitrogen and oxygen atoms in total. The molecule has 2 heteroatoms. The minimum absolute atomic E-state index is 0.443. The second kappa shape index (κ2) is 5.83. The van der Waals surface area contributed by atoms with Gasteiger partial charge in [0.1, 0.15) is 0 Å². The van der Waals surface area contributed by atoms with Gasteiger partial charge < -0.3 is 5.11 Å². The normalized spacial score (nSPS) is 28.3. The zero-order chi connectivity index (χ0) is 13.0. The fraction of sp³-hybridized carbons (Fsp3) is 0.688. The molecule has 2 unspecified atom stereocenters. The lowest BCUT2D eigenvalue weighted by Crippen LogP contribution is -2.42. The molecule has 1 fully saturated rings. The third kappa shape index (κ3) is 2.92. The third-order valence-electron chi connectivity index (χ3n) is 4.45. The van der Waals surface area contributed by atoms with E-state index in [0.29, 0.717) is 5.92 Å². The first-order valence-electron chi connectivity index (χ1n) is 7.34. The van der Waals surface area contributed by atoms with E-state index in [9.17, 15) is 5.11 Å². The smallest absolute Gasteiger partial charge is 0.0730 e. The highest BCUT2D eigenvalue weighted by Crippen LogP contribution is 2.37. The maximum Gasteiger partial charge on any atom is 0.0730 e. The van der Waals surface area contributed by atoms with Gasteiger partial charge in [-0.1, -0.05) is 39.2 Å². The Balaban J connectivity index is 2.09. The van der Waals surface area contributed by atoms with Crippen molar-refractivity contribution in [3.8, 4) is 0 Å². The summed E-state index contributed by atoms with van der Waals surface area (Å²) in [5, 5.41) is 10.9. The Morgan fingerprint density at radius 1 is 1.33 bits per heavy atom. The number of aromatic nitrogens is 1. The van der Waals surface area contributed by atoms with Crippen molar-refractivity contribution in [1.29, 1.82) is 0 Å². The molecule has 2 atom stereocenters. The van der Waals surface area contributed by atoms with Gasteiger partial charge >= 0.3 is 0 Å². The molecule has 1 aromatic rings. The molecule has 0 spiro atoms. The monoisotopic (exact) mass is 247 g/mol. The lowest BCUT2D eigenvalue weighted by molar-refractivity contribution is -0.0498. The molecule has 1 saturated carbocycles. The van der Waals surface area contributed by atoms with Gasteiger partial charge in [0.2, 0.25) is 0 Å². The summed E-state index contributed by atoms with van der Waals surface area (Å²) in [5.41, 5.74) is 1.78. The molecule has 0 saturated heterocycles. The summed E-state index contributed by atoms with van der Waals surface area (Å²) in [6, 6.07) is 4.22. The van der Waals surface area contributed by atoms with E-state index < -0.39 is 5.60 Å². The lowest BCUT2D eigenvalue weighted by atomic mass is 9.72. The molecule has 0 amide bonds. The molecule has 1 heterocycles. The number of hydrogen-bond acceptors (Lipinski definition) is 2. The van der Waals surface area contributed by atoms with Crippen molar-refractivity contribution in [1.82, 2.24) is 4.98 Å². The second-order valence-electron chi connectivity index (χ2n) is 5.64. The van der Waals surface area contributed by atoms with Crippen LogP contribution < -0.4 is 0 Å². The van der Waals surface area contributed by atoms with Crippen LogP contribution in [0.2, 0.25) is 0 Å². The Hall–Kier alpha value is -0.890. The Labute approximate surface area is 110 Å². The summed E-state index contributed by atoms with van der Waals surface area (Å²) in [7, 11) is 0. The lowest BCUT2D eigenvalue weighted by Gasteiger charge is -2.39. The van der Waals surface area contributed by atoms with E-state index in [1.165, 1.54) is 18.4 Å². The predicted octanol–water partition coefficient (Wildman–Crippen LogP) is 3.52. The average molecular weight is 247 g/mol. The fourth-order valence-corrected chi connectivity index (χ4v) is 3.19. The molecule has 1 aromatic heterocycles. The molecule has 0 bridgehead atoms. The predicted molar refractivity (Wildman–Crippen MR) is 74.5 cm³/mol. The van der Waals surface area contributed by atoms with Gasteiger partial charge in [-0.2, -0.15) is 0 Å². The highest BCUT2D eigenvalue weighted by molar-refractivity contribution is 5.16. The van der Waals surface area contributed by atoms with E-state index in [4.69, 9.17) is 0 Å². The summed E-state index contributed by atoms with van der Waals surface area (Å²) in [4.78, 5) is 4.50. The molecule has 100 valence electrons. The maximum absolute atomic E-state index is 10.9. The van der Waals surface area contributed by atoms with E-state index in [0.717, 1.165) is 37.8 Å². The van der Waals surface area contributed by atoms with Gasteiger partial charge in [-0.3, -0.25) is 4.98 Å². The highest BCUT2D eigenvalue weighted by Gasteiger charge is 2.37. The molecule has 18 heavy (non-hydrogen) atoms. The van der Waals surface area contributed by atoms with Crippen LogP contribution in [-0.2, 0) is 12.8 Å². The van der Waals surface area contributed by atoms with Gasteiger partial charge in [-0.25, -0.2) is 0 Å². The first-order chi connectivity index (χ1) is 8.68. The largest absolute Gasteiger partial charge is 0.389 e. The van der Waals surface area contributed by atoms with Crippen LogP contribution in [0.15, 0.2) is 18.3 Å². The SMILES string of the molecule is CCc1ccc(CC2(O)CCCCC2CC)nc1. The standard InChI is InChI=1S/C16H25NO/c1-3-13-8-9-15(17-12-13)11-16(18)10-6-5-7-14(16)4-2/h8-9,12,14,18H,3-7,10-11H2,1-2H3. The fourth-order valence-electron chi connectivity index (χ4n) is 3.19. The van der Waals surface area contributed by atoms with E-state index in [1.807, 2.05) is 6.20 Å². The van der Waals surface area contributed by atoms with Gasteiger partial charge in [0.15, 0.2) is 0 Å². The minimum Gasteiger partial charge on any atom is -0.389 e. The molecule has 0 radical (unpaired) electrons. The first-order valence-corrected chi connectivity index (χ1v) is 7.34. The third-order valence-corrected chi connectivity index (χ3v) is 4.45. The molecule has 1 N–H and O–H groups in total. The number of nitrogens with zero attached hydrogens (tertiary/aromatic N) is 1. The van der Waals surface area contributed by atoms with Gasteiger partial charge in [-0.15, -0.1) is 0 Å². The van der Waals surface area contributed by atoms with Crippen molar-refractivity contribution in [3.05, 3.63) is 29.6 Å². The van der Waals surface area contributed by atoms with E-state index in [1.54, 1.807) is 0 Å². The highest BCUT2D eigenvalue weighted by atomic mass is 16.3. The van der Waals surface area contributed by atoms with Crippen molar-refractivity contribution >= 4 is 0 Å². The second-order valence-corrected chi connectivity index (χ2v) is 5.64. The van der Waals surface area contributed by atoms with Crippen molar-refractivity contribution < 1.29 is 5.11 Å². The molecular formula is C16H25NO. The van der Waals surface area contributed by atoms with Crippen LogP contribution in [0, 0.1) is 5.92 Å². The van der Waals surface area contributed by atoms with Crippen LogP contribution in [0.1, 0.15) is 57.2 Å². The molecule has 1 aliphatic rings. The number of pyridine rings is 1. The first kappa shape index (κ1) is 13.5. The Bertz CT molecular complexity index is 373. The molecule has 0 aromatic carbocycles. The summed E-state index contributed by atoms with van der Waals surface area (Å²) < 4.78 is 0. The van der Waals surface area contributed by atoms with E-state index in [2.05, 4.69) is 31.0 Å². The maximum atomic E-state index is 10.9. The van der Waals surface area contributed by atoms with Crippen LogP contribution >= 0.6 is 0 Å². The zero-order valence-corrected chi connectivity index (χ0v) is 11.7. The quantitative estimate of drug-likeness (QED) is 0.883. The van der Waals surface area contributed by atoms with Crippen molar-refractivity contribution in [2.45, 2.75) is 64.4 Å². The van der Waals surface area contributed by atoms with Crippen LogP contribution in [0.5, 0.6) is 0 Å². The minimum atomic E-state index is -0.520. The number of hydrogen-bond donors (Lipinski definition) is 1. The summed E-state index contributed by atoms with van der Waals surface area (Å²) >= 11 is 0. The molecule has 2 rings (SSSR count). The molecule has 0 aliphatic heterocycles. The molecule has 1 aliphatic carbocycles. The zero-order valence-electron chi connectivity index (χ0n) is 11.7. The van der Waals surface area contributed by atoms with Crippen molar-refractivity contribution in [2.24, 2.45) is 5.92 Å². The van der Waals surface area contributed by atoms with E-state index >= 15 is 0 Å². The Morgan fingerprint density at radius 2 is 2.17 bits per heavy atom. The Kier molecular flexibility index (Phi) is 4.39. The van der Waals surface area contributed by atoms with Crippen LogP contribution in [0.25, 0.3) is 0 Å². The summed E-state index contributed by atoms with van der Waals surface area (Å²) in [6.07, 6.45) is 9.28. The van der Waals surface area contributed by atoms with Crippen LogP contribution in [0.4, 0.5) is 0 Å². The van der Waals surface area contributed by atoms with Crippen LogP contribution in [0.3, 0.4) is 0 Å². The topological polar surface area (TPSA) is 33.1 Å². The van der Waals surface area contributed by atoms with E-state index in [-0.39, 0.29) is 0 Å². The summed E-state index contributed by atoms with van der Waals surface area (Å²) in [5.74, 6) is 0.443. The van der Waals surface area contributed by atoms with Gasteiger partial charge in [-0.05, 0) is 36.8 Å². The number of aryl methyl sites for hydroxylation is 1. The molecular weight excluding hydrogens is 222 g/mol. The Morgan fingerprint density at radius 3 is 2.78 bits per heavy atom. The van der Waals surface area contributed by atoms with Crippen LogP contribution in [-0.4, -0.2) is 15.7 Å². The summed E-state index contributed by atoms with van der Waals surface area (Å²) in [6.45, 7) is 4.33. The number of rotatable bonds is 4. The van der Waals surface area contributed by atoms with Gasteiger partial charge in [0, 0.05) is 18.3 Å². The van der Waals surface area contributed by atoms with Crippen molar-refractivity contribution in [3.63, 3.8) is 0 Å².